The van der Waals surface area contributed by atoms with Gasteiger partial charge in [-0.3, -0.25) is 9.59 Å². The largest absolute Gasteiger partial charge is 0.495 e. The molecule has 1 saturated heterocycles. The normalized spacial score (nSPS) is 14.8. The lowest BCUT2D eigenvalue weighted by atomic mass is 10.1. The molecule has 0 saturated carbocycles. The van der Waals surface area contributed by atoms with Gasteiger partial charge in [0.15, 0.2) is 0 Å². The fourth-order valence-electron chi connectivity index (χ4n) is 3.41. The quantitative estimate of drug-likeness (QED) is 0.716. The van der Waals surface area contributed by atoms with Crippen LogP contribution in [0.1, 0.15) is 20.0 Å². The standard InChI is InChI=1S/C22H23N3O3S/c1-24-9-11-25(12-10-24)22(27)16-7-8-18(28-2)17(13-16)23-21(26)20-14-15-5-3-4-6-19(15)29-20/h3-8,13-14H,9-12H2,1-2H3,(H,23,26). The Kier molecular flexibility index (Phi) is 5.51. The highest BCUT2D eigenvalue weighted by atomic mass is 32.1. The third-order valence-electron chi connectivity index (χ3n) is 5.13. The lowest BCUT2D eigenvalue weighted by Crippen LogP contribution is -2.47. The van der Waals surface area contributed by atoms with Gasteiger partial charge in [-0.15, -0.1) is 11.3 Å². The summed E-state index contributed by atoms with van der Waals surface area (Å²) in [5.41, 5.74) is 1.04. The van der Waals surface area contributed by atoms with E-state index in [1.165, 1.54) is 11.3 Å². The Balaban J connectivity index is 1.56. The highest BCUT2D eigenvalue weighted by molar-refractivity contribution is 7.20. The number of benzene rings is 2. The van der Waals surface area contributed by atoms with E-state index in [4.69, 9.17) is 4.74 Å². The Bertz CT molecular complexity index is 1020. The number of methoxy groups -OCH3 is 1. The van der Waals surface area contributed by atoms with E-state index in [-0.39, 0.29) is 11.8 Å². The Morgan fingerprint density at radius 3 is 2.52 bits per heavy atom. The molecule has 4 rings (SSSR count). The molecule has 150 valence electrons. The van der Waals surface area contributed by atoms with Crippen molar-refractivity contribution in [1.82, 2.24) is 9.80 Å². The summed E-state index contributed by atoms with van der Waals surface area (Å²) in [6, 6.07) is 14.9. The van der Waals surface area contributed by atoms with Crippen LogP contribution in [0.2, 0.25) is 0 Å². The average Bonchev–Trinajstić information content (AvgIpc) is 3.18. The minimum atomic E-state index is -0.214. The molecule has 0 aliphatic carbocycles. The minimum absolute atomic E-state index is 0.0295. The number of anilines is 1. The molecule has 2 aromatic carbocycles. The molecule has 0 radical (unpaired) electrons. The van der Waals surface area contributed by atoms with Gasteiger partial charge in [-0.25, -0.2) is 0 Å². The Hall–Kier alpha value is -2.90. The van der Waals surface area contributed by atoms with Gasteiger partial charge in [-0.2, -0.15) is 0 Å². The molecule has 0 unspecified atom stereocenters. The zero-order chi connectivity index (χ0) is 20.4. The second kappa shape index (κ2) is 8.23. The Labute approximate surface area is 173 Å². The van der Waals surface area contributed by atoms with Crippen LogP contribution >= 0.6 is 11.3 Å². The van der Waals surface area contributed by atoms with E-state index in [2.05, 4.69) is 17.3 Å². The SMILES string of the molecule is COc1ccc(C(=O)N2CCN(C)CC2)cc1NC(=O)c1cc2ccccc2s1. The second-order valence-corrected chi connectivity index (χ2v) is 8.20. The molecular formula is C22H23N3O3S. The molecule has 6 nitrogen and oxygen atoms in total. The predicted octanol–water partition coefficient (Wildman–Crippen LogP) is 3.55. The molecular weight excluding hydrogens is 386 g/mol. The number of rotatable bonds is 4. The summed E-state index contributed by atoms with van der Waals surface area (Å²) >= 11 is 1.44. The molecule has 7 heteroatoms. The molecule has 2 heterocycles. The fraction of sp³-hybridized carbons (Fsp3) is 0.273. The van der Waals surface area contributed by atoms with Crippen LogP contribution in [-0.4, -0.2) is 62.0 Å². The second-order valence-electron chi connectivity index (χ2n) is 7.11. The lowest BCUT2D eigenvalue weighted by molar-refractivity contribution is 0.0664. The number of likely N-dealkylation sites (N-methyl/N-ethyl adjacent to an activating group) is 1. The number of fused-ring (bicyclic) bond motifs is 1. The number of nitrogens with one attached hydrogen (secondary N) is 1. The van der Waals surface area contributed by atoms with E-state index in [0.29, 0.717) is 35.0 Å². The van der Waals surface area contributed by atoms with E-state index in [1.807, 2.05) is 35.2 Å². The maximum atomic E-state index is 12.9. The highest BCUT2D eigenvalue weighted by Gasteiger charge is 2.22. The monoisotopic (exact) mass is 409 g/mol. The van der Waals surface area contributed by atoms with E-state index in [1.54, 1.807) is 25.3 Å². The van der Waals surface area contributed by atoms with Crippen molar-refractivity contribution < 1.29 is 14.3 Å². The predicted molar refractivity (Wildman–Crippen MR) is 116 cm³/mol. The molecule has 0 spiro atoms. The summed E-state index contributed by atoms with van der Waals surface area (Å²) in [5, 5.41) is 3.95. The zero-order valence-corrected chi connectivity index (χ0v) is 17.3. The number of hydrogen-bond acceptors (Lipinski definition) is 5. The maximum absolute atomic E-state index is 12.9. The Morgan fingerprint density at radius 2 is 1.79 bits per heavy atom. The molecule has 29 heavy (non-hydrogen) atoms. The summed E-state index contributed by atoms with van der Waals surface area (Å²) in [6.07, 6.45) is 0. The smallest absolute Gasteiger partial charge is 0.265 e. The topological polar surface area (TPSA) is 61.9 Å². The van der Waals surface area contributed by atoms with Crippen molar-refractivity contribution in [3.63, 3.8) is 0 Å². The number of thiophene rings is 1. The van der Waals surface area contributed by atoms with Gasteiger partial charge in [0.25, 0.3) is 11.8 Å². The number of amides is 2. The molecule has 1 aliphatic heterocycles. The summed E-state index contributed by atoms with van der Waals surface area (Å²) in [7, 11) is 3.60. The summed E-state index contributed by atoms with van der Waals surface area (Å²) in [4.78, 5) is 30.4. The number of hydrogen-bond donors (Lipinski definition) is 1. The first kappa shape index (κ1) is 19.4. The van der Waals surface area contributed by atoms with Crippen LogP contribution in [0.25, 0.3) is 10.1 Å². The van der Waals surface area contributed by atoms with Crippen molar-refractivity contribution in [1.29, 1.82) is 0 Å². The van der Waals surface area contributed by atoms with Gasteiger partial charge in [0.1, 0.15) is 5.75 Å². The van der Waals surface area contributed by atoms with Crippen LogP contribution in [0.4, 0.5) is 5.69 Å². The molecule has 2 amide bonds. The van der Waals surface area contributed by atoms with Gasteiger partial charge in [-0.05, 0) is 42.8 Å². The van der Waals surface area contributed by atoms with Crippen LogP contribution in [-0.2, 0) is 0 Å². The van der Waals surface area contributed by atoms with Gasteiger partial charge >= 0.3 is 0 Å². The van der Waals surface area contributed by atoms with Gasteiger partial charge in [0, 0.05) is 36.4 Å². The molecule has 0 atom stereocenters. The molecule has 0 bridgehead atoms. The number of nitrogens with zero attached hydrogens (tertiary/aromatic N) is 2. The van der Waals surface area contributed by atoms with Crippen LogP contribution in [0.5, 0.6) is 5.75 Å². The molecule has 1 aliphatic rings. The average molecular weight is 410 g/mol. The summed E-state index contributed by atoms with van der Waals surface area (Å²) < 4.78 is 6.45. The maximum Gasteiger partial charge on any atom is 0.265 e. The third kappa shape index (κ3) is 4.11. The minimum Gasteiger partial charge on any atom is -0.495 e. The Morgan fingerprint density at radius 1 is 1.03 bits per heavy atom. The van der Waals surface area contributed by atoms with Crippen LogP contribution in [0, 0.1) is 0 Å². The summed E-state index contributed by atoms with van der Waals surface area (Å²) in [5.74, 6) is 0.279. The van der Waals surface area contributed by atoms with E-state index in [9.17, 15) is 9.59 Å². The fourth-order valence-corrected chi connectivity index (χ4v) is 4.37. The third-order valence-corrected chi connectivity index (χ3v) is 6.25. The molecule has 1 fully saturated rings. The van der Waals surface area contributed by atoms with E-state index >= 15 is 0 Å². The lowest BCUT2D eigenvalue weighted by Gasteiger charge is -2.32. The van der Waals surface area contributed by atoms with Crippen molar-refractivity contribution in [3.05, 3.63) is 59.0 Å². The van der Waals surface area contributed by atoms with Crippen LogP contribution in [0.3, 0.4) is 0 Å². The first-order valence-electron chi connectivity index (χ1n) is 9.51. The number of piperazine rings is 1. The van der Waals surface area contributed by atoms with Crippen molar-refractivity contribution in [2.75, 3.05) is 45.7 Å². The van der Waals surface area contributed by atoms with E-state index < -0.39 is 0 Å². The van der Waals surface area contributed by atoms with Gasteiger partial charge in [-0.1, -0.05) is 18.2 Å². The van der Waals surface area contributed by atoms with E-state index in [0.717, 1.165) is 23.2 Å². The number of ether oxygens (including phenoxy) is 1. The molecule has 1 aromatic heterocycles. The van der Waals surface area contributed by atoms with Gasteiger partial charge in [0.2, 0.25) is 0 Å². The summed E-state index contributed by atoms with van der Waals surface area (Å²) in [6.45, 7) is 3.12. The van der Waals surface area contributed by atoms with Crippen molar-refractivity contribution in [2.24, 2.45) is 0 Å². The van der Waals surface area contributed by atoms with Gasteiger partial charge < -0.3 is 19.9 Å². The number of carbonyl (C=O) groups is 2. The number of carbonyl (C=O) groups excluding carboxylic acids is 2. The van der Waals surface area contributed by atoms with Crippen molar-refractivity contribution >= 4 is 38.9 Å². The first-order chi connectivity index (χ1) is 14.0. The van der Waals surface area contributed by atoms with Crippen LogP contribution < -0.4 is 10.1 Å². The van der Waals surface area contributed by atoms with Crippen molar-refractivity contribution in [2.45, 2.75) is 0 Å². The van der Waals surface area contributed by atoms with Crippen molar-refractivity contribution in [3.8, 4) is 5.75 Å². The zero-order valence-electron chi connectivity index (χ0n) is 16.5. The highest BCUT2D eigenvalue weighted by Crippen LogP contribution is 2.29. The molecule has 1 N–H and O–H groups in total. The van der Waals surface area contributed by atoms with Crippen LogP contribution in [0.15, 0.2) is 48.5 Å². The first-order valence-corrected chi connectivity index (χ1v) is 10.3. The van der Waals surface area contributed by atoms with Gasteiger partial charge in [0.05, 0.1) is 17.7 Å². The molecule has 3 aromatic rings.